The molecule has 126 valence electrons. The quantitative estimate of drug-likeness (QED) is 0.644. The molecule has 0 saturated carbocycles. The van der Waals surface area contributed by atoms with Crippen LogP contribution >= 0.6 is 0 Å². The zero-order chi connectivity index (χ0) is 17.5. The van der Waals surface area contributed by atoms with Gasteiger partial charge in [-0.05, 0) is 65.0 Å². The molecule has 2 aromatic carbocycles. The molecule has 0 aromatic heterocycles. The molecule has 1 aliphatic carbocycles. The van der Waals surface area contributed by atoms with E-state index in [0.717, 1.165) is 5.56 Å². The van der Waals surface area contributed by atoms with Crippen molar-refractivity contribution in [3.8, 4) is 5.75 Å². The van der Waals surface area contributed by atoms with E-state index < -0.39 is 0 Å². The SMILES string of the molecule is CC(=Cc1ccccc1O)c1ccc2c(c1)C(C)(C)CCC2(C)C. The highest BCUT2D eigenvalue weighted by molar-refractivity contribution is 5.82. The molecular formula is C23H28O. The molecule has 0 atom stereocenters. The number of aromatic hydroxyl groups is 1. The average molecular weight is 320 g/mol. The van der Waals surface area contributed by atoms with Crippen molar-refractivity contribution in [1.29, 1.82) is 0 Å². The molecule has 0 fully saturated rings. The van der Waals surface area contributed by atoms with Crippen molar-refractivity contribution in [2.75, 3.05) is 0 Å². The largest absolute Gasteiger partial charge is 0.507 e. The lowest BCUT2D eigenvalue weighted by Crippen LogP contribution is -2.33. The van der Waals surface area contributed by atoms with Gasteiger partial charge in [-0.25, -0.2) is 0 Å². The molecule has 0 radical (unpaired) electrons. The Morgan fingerprint density at radius 3 is 2.21 bits per heavy atom. The standard InChI is InChI=1S/C23H28O/c1-16(14-18-8-6-7-9-21(18)24)17-10-11-19-20(15-17)23(4,5)13-12-22(19,2)3/h6-11,14-15,24H,12-13H2,1-5H3. The van der Waals surface area contributed by atoms with Crippen LogP contribution in [0.5, 0.6) is 5.75 Å². The zero-order valence-electron chi connectivity index (χ0n) is 15.5. The van der Waals surface area contributed by atoms with Gasteiger partial charge < -0.3 is 5.11 Å². The van der Waals surface area contributed by atoms with Gasteiger partial charge in [0.15, 0.2) is 0 Å². The lowest BCUT2D eigenvalue weighted by Gasteiger charge is -2.42. The molecule has 1 N–H and O–H groups in total. The average Bonchev–Trinajstić information content (AvgIpc) is 2.54. The first-order chi connectivity index (χ1) is 11.2. The lowest BCUT2D eigenvalue weighted by atomic mass is 9.63. The molecule has 0 saturated heterocycles. The van der Waals surface area contributed by atoms with E-state index in [4.69, 9.17) is 0 Å². The van der Waals surface area contributed by atoms with E-state index in [0.29, 0.717) is 5.75 Å². The summed E-state index contributed by atoms with van der Waals surface area (Å²) in [5, 5.41) is 10.0. The summed E-state index contributed by atoms with van der Waals surface area (Å²) < 4.78 is 0. The highest BCUT2D eigenvalue weighted by Crippen LogP contribution is 2.46. The fourth-order valence-corrected chi connectivity index (χ4v) is 3.76. The Balaban J connectivity index is 2.07. The number of allylic oxidation sites excluding steroid dienone is 1. The van der Waals surface area contributed by atoms with Crippen LogP contribution in [-0.4, -0.2) is 5.11 Å². The van der Waals surface area contributed by atoms with E-state index in [2.05, 4.69) is 58.9 Å². The van der Waals surface area contributed by atoms with Crippen LogP contribution < -0.4 is 0 Å². The second-order valence-corrected chi connectivity index (χ2v) is 8.41. The van der Waals surface area contributed by atoms with Gasteiger partial charge in [0.05, 0.1) is 0 Å². The van der Waals surface area contributed by atoms with Gasteiger partial charge in [0.25, 0.3) is 0 Å². The van der Waals surface area contributed by atoms with Crippen LogP contribution in [0.15, 0.2) is 42.5 Å². The van der Waals surface area contributed by atoms with Crippen molar-refractivity contribution >= 4 is 11.6 Å². The predicted octanol–water partition coefficient (Wildman–Crippen LogP) is 6.30. The van der Waals surface area contributed by atoms with Gasteiger partial charge >= 0.3 is 0 Å². The summed E-state index contributed by atoms with van der Waals surface area (Å²) in [6, 6.07) is 14.4. The minimum absolute atomic E-state index is 0.218. The van der Waals surface area contributed by atoms with Gasteiger partial charge in [0.1, 0.15) is 5.75 Å². The topological polar surface area (TPSA) is 20.2 Å². The fourth-order valence-electron chi connectivity index (χ4n) is 3.76. The van der Waals surface area contributed by atoms with Gasteiger partial charge in [-0.1, -0.05) is 64.1 Å². The van der Waals surface area contributed by atoms with Crippen molar-refractivity contribution < 1.29 is 5.11 Å². The van der Waals surface area contributed by atoms with Gasteiger partial charge in [0, 0.05) is 5.56 Å². The number of phenolic OH excluding ortho intramolecular Hbond substituents is 1. The fraction of sp³-hybridized carbons (Fsp3) is 0.391. The Bertz CT molecular complexity index is 793. The smallest absolute Gasteiger partial charge is 0.122 e. The number of rotatable bonds is 2. The Kier molecular flexibility index (Phi) is 4.07. The third-order valence-corrected chi connectivity index (χ3v) is 5.62. The van der Waals surface area contributed by atoms with Crippen LogP contribution in [0.4, 0.5) is 0 Å². The predicted molar refractivity (Wildman–Crippen MR) is 103 cm³/mol. The Morgan fingerprint density at radius 1 is 0.917 bits per heavy atom. The summed E-state index contributed by atoms with van der Waals surface area (Å²) in [5.41, 5.74) is 6.71. The summed E-state index contributed by atoms with van der Waals surface area (Å²) in [7, 11) is 0. The highest BCUT2D eigenvalue weighted by atomic mass is 16.3. The second-order valence-electron chi connectivity index (χ2n) is 8.41. The number of para-hydroxylation sites is 1. The van der Waals surface area contributed by atoms with Crippen LogP contribution in [0.3, 0.4) is 0 Å². The van der Waals surface area contributed by atoms with E-state index in [-0.39, 0.29) is 10.8 Å². The molecular weight excluding hydrogens is 292 g/mol. The summed E-state index contributed by atoms with van der Waals surface area (Å²) in [6.07, 6.45) is 4.52. The molecule has 0 spiro atoms. The minimum Gasteiger partial charge on any atom is -0.507 e. The number of fused-ring (bicyclic) bond motifs is 1. The minimum atomic E-state index is 0.218. The maximum Gasteiger partial charge on any atom is 0.122 e. The molecule has 1 aliphatic rings. The van der Waals surface area contributed by atoms with Crippen LogP contribution in [0, 0.1) is 0 Å². The Labute approximate surface area is 146 Å². The monoisotopic (exact) mass is 320 g/mol. The number of hydrogen-bond donors (Lipinski definition) is 1. The van der Waals surface area contributed by atoms with Crippen LogP contribution in [0.2, 0.25) is 0 Å². The maximum atomic E-state index is 10.0. The van der Waals surface area contributed by atoms with Crippen LogP contribution in [0.25, 0.3) is 11.6 Å². The van der Waals surface area contributed by atoms with Crippen LogP contribution in [-0.2, 0) is 10.8 Å². The third kappa shape index (κ3) is 3.00. The zero-order valence-corrected chi connectivity index (χ0v) is 15.5. The second kappa shape index (κ2) is 5.81. The number of hydrogen-bond acceptors (Lipinski definition) is 1. The Morgan fingerprint density at radius 2 is 1.54 bits per heavy atom. The van der Waals surface area contributed by atoms with Crippen molar-refractivity contribution in [2.24, 2.45) is 0 Å². The van der Waals surface area contributed by atoms with Crippen molar-refractivity contribution in [2.45, 2.75) is 58.3 Å². The molecule has 24 heavy (non-hydrogen) atoms. The summed E-state index contributed by atoms with van der Waals surface area (Å²) >= 11 is 0. The first-order valence-electron chi connectivity index (χ1n) is 8.82. The molecule has 0 bridgehead atoms. The summed E-state index contributed by atoms with van der Waals surface area (Å²) in [5.74, 6) is 0.330. The van der Waals surface area contributed by atoms with Gasteiger partial charge in [-0.2, -0.15) is 0 Å². The van der Waals surface area contributed by atoms with Gasteiger partial charge in [0.2, 0.25) is 0 Å². The number of phenols is 1. The van der Waals surface area contributed by atoms with Crippen molar-refractivity contribution in [3.05, 3.63) is 64.7 Å². The first kappa shape index (κ1) is 16.8. The third-order valence-electron chi connectivity index (χ3n) is 5.62. The summed E-state index contributed by atoms with van der Waals surface area (Å²) in [4.78, 5) is 0. The summed E-state index contributed by atoms with van der Waals surface area (Å²) in [6.45, 7) is 11.5. The molecule has 2 aromatic rings. The number of benzene rings is 2. The van der Waals surface area contributed by atoms with Gasteiger partial charge in [-0.15, -0.1) is 0 Å². The first-order valence-corrected chi connectivity index (χ1v) is 8.82. The van der Waals surface area contributed by atoms with Gasteiger partial charge in [-0.3, -0.25) is 0 Å². The van der Waals surface area contributed by atoms with Crippen LogP contribution in [0.1, 0.15) is 69.7 Å². The van der Waals surface area contributed by atoms with E-state index >= 15 is 0 Å². The lowest BCUT2D eigenvalue weighted by molar-refractivity contribution is 0.332. The maximum absolute atomic E-state index is 10.0. The molecule has 1 heteroatoms. The van der Waals surface area contributed by atoms with E-state index in [1.165, 1.54) is 35.1 Å². The van der Waals surface area contributed by atoms with E-state index in [1.807, 2.05) is 18.2 Å². The van der Waals surface area contributed by atoms with E-state index in [1.54, 1.807) is 6.07 Å². The molecule has 3 rings (SSSR count). The molecule has 0 heterocycles. The van der Waals surface area contributed by atoms with Crippen molar-refractivity contribution in [3.63, 3.8) is 0 Å². The highest BCUT2D eigenvalue weighted by Gasteiger charge is 2.36. The molecule has 0 aliphatic heterocycles. The van der Waals surface area contributed by atoms with Crippen molar-refractivity contribution in [1.82, 2.24) is 0 Å². The molecule has 1 nitrogen and oxygen atoms in total. The molecule has 0 amide bonds. The van der Waals surface area contributed by atoms with E-state index in [9.17, 15) is 5.11 Å². The molecule has 0 unspecified atom stereocenters. The Hall–Kier alpha value is -2.02. The normalized spacial score (nSPS) is 19.0.